The zero-order chi connectivity index (χ0) is 36.0. The minimum atomic E-state index is -1.54. The van der Waals surface area contributed by atoms with E-state index < -0.39 is 61.1 Å². The monoisotopic (exact) mass is 724 g/mol. The fourth-order valence-electron chi connectivity index (χ4n) is 12.3. The topological polar surface area (TPSA) is 197 Å². The van der Waals surface area contributed by atoms with E-state index in [0.717, 1.165) is 38.5 Å². The molecule has 0 amide bonds. The first-order valence-corrected chi connectivity index (χ1v) is 19.5. The van der Waals surface area contributed by atoms with Gasteiger partial charge in [0.15, 0.2) is 18.4 Å². The SMILES string of the molecule is C[C@H]1[C@H]2[C@H](C[C@H]3[C@@H]4CC=C5C[C@@H](O[C@@H]6O[C@H](CO[C@@H]7OC[C@H](O)[C@H](O)[C@H]7O)[C@@H](O)[C@H](O)[C@H]6O)CC[C@]5(C)[C@H]4CC[C@]23C)O[C@]12CC[C@@H](CO)CO2. The molecule has 7 N–H and O–H groups in total. The van der Waals surface area contributed by atoms with Crippen LogP contribution in [0.15, 0.2) is 11.6 Å². The molecule has 4 aliphatic carbocycles. The Bertz CT molecular complexity index is 1290. The second-order valence-electron chi connectivity index (χ2n) is 17.8. The molecule has 290 valence electrons. The van der Waals surface area contributed by atoms with Crippen LogP contribution in [0.5, 0.6) is 0 Å². The first kappa shape index (κ1) is 37.2. The Kier molecular flexibility index (Phi) is 10.0. The molecule has 13 heteroatoms. The fraction of sp³-hybridized carbons (Fsp3) is 0.947. The minimum Gasteiger partial charge on any atom is -0.396 e. The standard InChI is InChI=1S/C38H60O13/c1-18-28-26(51-38(18)11-6-19(14-39)15-48-38)13-24-22-5-4-20-12-21(7-9-36(20,2)23(22)8-10-37(24,28)3)49-35-33(45)31(43)30(42)27(50-35)17-47-34-32(44)29(41)25(40)16-46-34/h4,18-19,21-35,39-45H,5-17H2,1-3H3/t18-,19-,21-,22+,23-,24-,25-,26-,27+,28-,29-,30+,31-,32+,33+,34-,35+,36-,37-,38+/m0/s1. The normalized spacial score (nSPS) is 56.9. The van der Waals surface area contributed by atoms with E-state index in [9.17, 15) is 35.7 Å². The molecule has 3 saturated carbocycles. The molecule has 1 spiro atoms. The third kappa shape index (κ3) is 6.00. The predicted octanol–water partition coefficient (Wildman–Crippen LogP) is 0.974. The highest BCUT2D eigenvalue weighted by Crippen LogP contribution is 2.70. The van der Waals surface area contributed by atoms with Gasteiger partial charge in [-0.1, -0.05) is 32.4 Å². The highest BCUT2D eigenvalue weighted by Gasteiger charge is 2.68. The average Bonchev–Trinajstić information content (AvgIpc) is 3.57. The van der Waals surface area contributed by atoms with Crippen molar-refractivity contribution in [1.29, 1.82) is 0 Å². The van der Waals surface area contributed by atoms with Crippen LogP contribution in [-0.2, 0) is 28.4 Å². The first-order valence-electron chi connectivity index (χ1n) is 19.5. The summed E-state index contributed by atoms with van der Waals surface area (Å²) in [7, 11) is 0. The quantitative estimate of drug-likeness (QED) is 0.192. The molecule has 0 aromatic heterocycles. The zero-order valence-corrected chi connectivity index (χ0v) is 30.2. The fourth-order valence-corrected chi connectivity index (χ4v) is 12.3. The van der Waals surface area contributed by atoms with Crippen molar-refractivity contribution in [3.63, 3.8) is 0 Å². The van der Waals surface area contributed by atoms with Crippen molar-refractivity contribution in [3.05, 3.63) is 11.6 Å². The Balaban J connectivity index is 0.905. The van der Waals surface area contributed by atoms with Crippen LogP contribution in [0.1, 0.15) is 78.6 Å². The summed E-state index contributed by atoms with van der Waals surface area (Å²) in [4.78, 5) is 0. The van der Waals surface area contributed by atoms with Crippen molar-refractivity contribution in [2.45, 2.75) is 152 Å². The lowest BCUT2D eigenvalue weighted by Crippen LogP contribution is -2.61. The Morgan fingerprint density at radius 1 is 0.863 bits per heavy atom. The van der Waals surface area contributed by atoms with E-state index in [4.69, 9.17) is 28.4 Å². The minimum absolute atomic E-state index is 0.0540. The molecule has 4 saturated heterocycles. The zero-order valence-electron chi connectivity index (χ0n) is 30.2. The number of fused-ring (bicyclic) bond motifs is 7. The number of aliphatic hydroxyl groups excluding tert-OH is 7. The molecule has 8 rings (SSSR count). The number of rotatable bonds is 6. The molecular formula is C38H60O13. The molecule has 0 aromatic carbocycles. The number of ether oxygens (including phenoxy) is 6. The maximum atomic E-state index is 10.8. The molecule has 0 aromatic rings. The summed E-state index contributed by atoms with van der Waals surface area (Å²) < 4.78 is 36.5. The van der Waals surface area contributed by atoms with Crippen LogP contribution in [0.3, 0.4) is 0 Å². The summed E-state index contributed by atoms with van der Waals surface area (Å²) >= 11 is 0. The first-order chi connectivity index (χ1) is 24.3. The third-order valence-electron chi connectivity index (χ3n) is 15.3. The molecule has 8 aliphatic rings. The molecule has 7 fully saturated rings. The number of hydrogen-bond acceptors (Lipinski definition) is 13. The summed E-state index contributed by atoms with van der Waals surface area (Å²) in [5, 5.41) is 71.8. The number of aliphatic hydroxyl groups is 7. The van der Waals surface area contributed by atoms with Gasteiger partial charge in [-0.3, -0.25) is 0 Å². The van der Waals surface area contributed by atoms with Crippen LogP contribution < -0.4 is 0 Å². The summed E-state index contributed by atoms with van der Waals surface area (Å²) in [5.41, 5.74) is 1.66. The van der Waals surface area contributed by atoms with Crippen molar-refractivity contribution in [1.82, 2.24) is 0 Å². The number of allylic oxidation sites excluding steroid dienone is 1. The van der Waals surface area contributed by atoms with Gasteiger partial charge in [0.2, 0.25) is 0 Å². The Labute approximate surface area is 300 Å². The van der Waals surface area contributed by atoms with E-state index >= 15 is 0 Å². The van der Waals surface area contributed by atoms with Gasteiger partial charge in [0.25, 0.3) is 0 Å². The molecule has 51 heavy (non-hydrogen) atoms. The summed E-state index contributed by atoms with van der Waals surface area (Å²) in [6.07, 6.45) is -1.14. The van der Waals surface area contributed by atoms with Crippen LogP contribution in [0.2, 0.25) is 0 Å². The lowest BCUT2D eigenvalue weighted by atomic mass is 9.47. The van der Waals surface area contributed by atoms with Crippen LogP contribution in [-0.4, -0.2) is 135 Å². The van der Waals surface area contributed by atoms with Crippen molar-refractivity contribution < 1.29 is 64.2 Å². The van der Waals surface area contributed by atoms with Crippen molar-refractivity contribution in [2.24, 2.45) is 46.3 Å². The van der Waals surface area contributed by atoms with E-state index in [2.05, 4.69) is 26.8 Å². The average molecular weight is 725 g/mol. The lowest BCUT2D eigenvalue weighted by molar-refractivity contribution is -0.328. The Hall–Kier alpha value is -0.780. The van der Waals surface area contributed by atoms with Crippen LogP contribution in [0.25, 0.3) is 0 Å². The molecule has 13 nitrogen and oxygen atoms in total. The molecular weight excluding hydrogens is 664 g/mol. The molecule has 0 unspecified atom stereocenters. The second kappa shape index (κ2) is 13.8. The smallest absolute Gasteiger partial charge is 0.186 e. The van der Waals surface area contributed by atoms with Crippen molar-refractivity contribution in [3.8, 4) is 0 Å². The van der Waals surface area contributed by atoms with Crippen molar-refractivity contribution in [2.75, 3.05) is 26.4 Å². The third-order valence-corrected chi connectivity index (χ3v) is 15.3. The van der Waals surface area contributed by atoms with Gasteiger partial charge < -0.3 is 64.2 Å². The van der Waals surface area contributed by atoms with Crippen LogP contribution in [0.4, 0.5) is 0 Å². The second-order valence-corrected chi connectivity index (χ2v) is 17.8. The van der Waals surface area contributed by atoms with Gasteiger partial charge in [0.05, 0.1) is 32.0 Å². The summed E-state index contributed by atoms with van der Waals surface area (Å²) in [6.45, 7) is 7.51. The molecule has 0 bridgehead atoms. The highest BCUT2D eigenvalue weighted by atomic mass is 16.7. The molecule has 0 radical (unpaired) electrons. The predicted molar refractivity (Wildman–Crippen MR) is 178 cm³/mol. The van der Waals surface area contributed by atoms with Gasteiger partial charge >= 0.3 is 0 Å². The lowest BCUT2D eigenvalue weighted by Gasteiger charge is -2.58. The van der Waals surface area contributed by atoms with Gasteiger partial charge in [-0.2, -0.15) is 0 Å². The van der Waals surface area contributed by atoms with Crippen LogP contribution in [0, 0.1) is 46.3 Å². The largest absolute Gasteiger partial charge is 0.396 e. The maximum absolute atomic E-state index is 10.8. The van der Waals surface area contributed by atoms with Gasteiger partial charge in [-0.05, 0) is 85.9 Å². The Morgan fingerprint density at radius 3 is 2.39 bits per heavy atom. The van der Waals surface area contributed by atoms with Crippen LogP contribution >= 0.6 is 0 Å². The van der Waals surface area contributed by atoms with Crippen molar-refractivity contribution >= 4 is 0 Å². The Morgan fingerprint density at radius 2 is 1.65 bits per heavy atom. The molecule has 20 atom stereocenters. The van der Waals surface area contributed by atoms with E-state index in [-0.39, 0.29) is 48.8 Å². The molecule has 4 heterocycles. The summed E-state index contributed by atoms with van der Waals surface area (Å²) in [6, 6.07) is 0. The van der Waals surface area contributed by atoms with E-state index in [1.54, 1.807) is 0 Å². The highest BCUT2D eigenvalue weighted by molar-refractivity contribution is 5.26. The van der Waals surface area contributed by atoms with Gasteiger partial charge in [-0.15, -0.1) is 0 Å². The van der Waals surface area contributed by atoms with Gasteiger partial charge in [0, 0.05) is 24.9 Å². The van der Waals surface area contributed by atoms with E-state index in [1.807, 2.05) is 0 Å². The van der Waals surface area contributed by atoms with E-state index in [1.165, 1.54) is 18.4 Å². The van der Waals surface area contributed by atoms with Gasteiger partial charge in [0.1, 0.15) is 42.7 Å². The van der Waals surface area contributed by atoms with E-state index in [0.29, 0.717) is 42.6 Å². The van der Waals surface area contributed by atoms with Gasteiger partial charge in [-0.25, -0.2) is 0 Å². The molecule has 4 aliphatic heterocycles. The number of hydrogen-bond donors (Lipinski definition) is 7. The maximum Gasteiger partial charge on any atom is 0.186 e. The summed E-state index contributed by atoms with van der Waals surface area (Å²) in [5.74, 6) is 2.25.